The van der Waals surface area contributed by atoms with Gasteiger partial charge in [-0.25, -0.2) is 13.4 Å². The van der Waals surface area contributed by atoms with E-state index in [9.17, 15) is 8.42 Å². The highest BCUT2D eigenvalue weighted by molar-refractivity contribution is 7.90. The van der Waals surface area contributed by atoms with Gasteiger partial charge >= 0.3 is 0 Å². The Morgan fingerprint density at radius 1 is 1.12 bits per heavy atom. The average molecular weight is 347 g/mol. The van der Waals surface area contributed by atoms with Crippen LogP contribution in [0.1, 0.15) is 18.4 Å². The molecule has 7 nitrogen and oxygen atoms in total. The van der Waals surface area contributed by atoms with Crippen molar-refractivity contribution in [3.8, 4) is 0 Å². The molecular formula is C16H21N5O2S. The second-order valence-electron chi connectivity index (χ2n) is 6.32. The first-order valence-corrected chi connectivity index (χ1v) is 9.80. The lowest BCUT2D eigenvalue weighted by Crippen LogP contribution is -2.38. The van der Waals surface area contributed by atoms with Crippen molar-refractivity contribution in [2.45, 2.75) is 31.2 Å². The third-order valence-electron chi connectivity index (χ3n) is 4.60. The first-order valence-electron chi connectivity index (χ1n) is 8.30. The van der Waals surface area contributed by atoms with Gasteiger partial charge in [-0.15, -0.1) is 0 Å². The smallest absolute Gasteiger partial charge is 0.217 e. The van der Waals surface area contributed by atoms with Gasteiger partial charge in [-0.05, 0) is 25.0 Å². The van der Waals surface area contributed by atoms with Crippen LogP contribution in [0.4, 0.5) is 5.82 Å². The Balaban J connectivity index is 1.56. The Labute approximate surface area is 142 Å². The molecule has 0 N–H and O–H groups in total. The lowest BCUT2D eigenvalue weighted by atomic mass is 10.2. The van der Waals surface area contributed by atoms with E-state index in [-0.39, 0.29) is 5.25 Å². The van der Waals surface area contributed by atoms with Crippen LogP contribution in [0.3, 0.4) is 0 Å². The van der Waals surface area contributed by atoms with Crippen molar-refractivity contribution in [3.63, 3.8) is 0 Å². The highest BCUT2D eigenvalue weighted by Gasteiger charge is 2.41. The highest BCUT2D eigenvalue weighted by atomic mass is 32.2. The van der Waals surface area contributed by atoms with Crippen molar-refractivity contribution in [2.75, 3.05) is 24.5 Å². The second kappa shape index (κ2) is 6.18. The van der Waals surface area contributed by atoms with Crippen LogP contribution in [0.5, 0.6) is 0 Å². The lowest BCUT2D eigenvalue weighted by Gasteiger charge is -2.23. The van der Waals surface area contributed by atoms with Gasteiger partial charge in [0.25, 0.3) is 0 Å². The van der Waals surface area contributed by atoms with Gasteiger partial charge in [-0.2, -0.15) is 9.40 Å². The standard InChI is InChI=1S/C16H21N5O2S/c22-24(23,15-4-5-15)21-12-10-19(9-11-20-8-2-7-18-20)16-14(13-21)3-1-6-17-16/h1-3,6-8,15H,4-5,9-13H2. The summed E-state index contributed by atoms with van der Waals surface area (Å²) in [6, 6.07) is 5.75. The van der Waals surface area contributed by atoms with Gasteiger partial charge in [0.2, 0.25) is 10.0 Å². The van der Waals surface area contributed by atoms with E-state index in [1.54, 1.807) is 16.7 Å². The summed E-state index contributed by atoms with van der Waals surface area (Å²) < 4.78 is 28.8. The molecule has 8 heteroatoms. The molecule has 1 fully saturated rings. The molecule has 24 heavy (non-hydrogen) atoms. The molecule has 2 aliphatic rings. The number of fused-ring (bicyclic) bond motifs is 1. The second-order valence-corrected chi connectivity index (χ2v) is 8.53. The fraction of sp³-hybridized carbons (Fsp3) is 0.500. The van der Waals surface area contributed by atoms with E-state index in [2.05, 4.69) is 15.0 Å². The minimum absolute atomic E-state index is 0.173. The Bertz CT molecular complexity index is 802. The Kier molecular flexibility index (Phi) is 4.01. The number of hydrogen-bond acceptors (Lipinski definition) is 5. The molecule has 0 bridgehead atoms. The Morgan fingerprint density at radius 3 is 2.75 bits per heavy atom. The molecule has 128 valence electrons. The summed E-state index contributed by atoms with van der Waals surface area (Å²) in [4.78, 5) is 6.68. The fourth-order valence-corrected chi connectivity index (χ4v) is 4.92. The van der Waals surface area contributed by atoms with Gasteiger partial charge in [0.05, 0.1) is 11.8 Å². The summed E-state index contributed by atoms with van der Waals surface area (Å²) in [5.41, 5.74) is 0.972. The number of hydrogen-bond donors (Lipinski definition) is 0. The summed E-state index contributed by atoms with van der Waals surface area (Å²) in [6.07, 6.45) is 7.05. The van der Waals surface area contributed by atoms with Gasteiger partial charge in [-0.3, -0.25) is 4.68 Å². The number of pyridine rings is 1. The van der Waals surface area contributed by atoms with Crippen LogP contribution >= 0.6 is 0 Å². The predicted molar refractivity (Wildman–Crippen MR) is 91.0 cm³/mol. The van der Waals surface area contributed by atoms with Crippen LogP contribution < -0.4 is 4.90 Å². The van der Waals surface area contributed by atoms with E-state index in [1.807, 2.05) is 29.1 Å². The minimum Gasteiger partial charge on any atom is -0.353 e. The zero-order valence-corrected chi connectivity index (χ0v) is 14.3. The summed E-state index contributed by atoms with van der Waals surface area (Å²) in [5, 5.41) is 4.06. The van der Waals surface area contributed by atoms with E-state index in [0.29, 0.717) is 19.6 Å². The summed E-state index contributed by atoms with van der Waals surface area (Å²) in [6.45, 7) is 3.08. The minimum atomic E-state index is -3.18. The largest absolute Gasteiger partial charge is 0.353 e. The normalized spacial score (nSPS) is 19.1. The van der Waals surface area contributed by atoms with Crippen molar-refractivity contribution in [1.82, 2.24) is 19.1 Å². The molecule has 0 saturated heterocycles. The molecule has 0 radical (unpaired) electrons. The molecule has 0 spiro atoms. The molecule has 0 unspecified atom stereocenters. The maximum Gasteiger partial charge on any atom is 0.217 e. The fourth-order valence-electron chi connectivity index (χ4n) is 3.11. The summed E-state index contributed by atoms with van der Waals surface area (Å²) >= 11 is 0. The Hall–Kier alpha value is -1.93. The van der Waals surface area contributed by atoms with Gasteiger partial charge < -0.3 is 4.90 Å². The van der Waals surface area contributed by atoms with Crippen LogP contribution in [-0.2, 0) is 23.1 Å². The molecule has 4 rings (SSSR count). The quantitative estimate of drug-likeness (QED) is 0.810. The van der Waals surface area contributed by atoms with Gasteiger partial charge in [-0.1, -0.05) is 6.07 Å². The number of rotatable bonds is 5. The summed E-state index contributed by atoms with van der Waals surface area (Å²) in [7, 11) is -3.18. The lowest BCUT2D eigenvalue weighted by molar-refractivity contribution is 0.416. The highest BCUT2D eigenvalue weighted by Crippen LogP contribution is 2.33. The zero-order valence-electron chi connectivity index (χ0n) is 13.5. The first-order chi connectivity index (χ1) is 11.6. The number of anilines is 1. The van der Waals surface area contributed by atoms with Gasteiger partial charge in [0.15, 0.2) is 0 Å². The molecule has 2 aromatic rings. The van der Waals surface area contributed by atoms with E-state index < -0.39 is 10.0 Å². The maximum absolute atomic E-state index is 12.6. The molecule has 0 atom stereocenters. The molecule has 1 aliphatic heterocycles. The van der Waals surface area contributed by atoms with Crippen LogP contribution in [0.15, 0.2) is 36.8 Å². The van der Waals surface area contributed by atoms with Crippen LogP contribution in [0, 0.1) is 0 Å². The third kappa shape index (κ3) is 3.03. The number of sulfonamides is 1. The Morgan fingerprint density at radius 2 is 2.00 bits per heavy atom. The molecule has 0 amide bonds. The monoisotopic (exact) mass is 347 g/mol. The molecule has 2 aromatic heterocycles. The average Bonchev–Trinajstić information content (AvgIpc) is 3.35. The summed E-state index contributed by atoms with van der Waals surface area (Å²) in [5.74, 6) is 0.887. The molecule has 1 aliphatic carbocycles. The van der Waals surface area contributed by atoms with Crippen LogP contribution in [0.25, 0.3) is 0 Å². The molecule has 3 heterocycles. The zero-order chi connectivity index (χ0) is 16.6. The molecule has 0 aromatic carbocycles. The van der Waals surface area contributed by atoms with Crippen molar-refractivity contribution in [3.05, 3.63) is 42.4 Å². The first kappa shape index (κ1) is 15.6. The third-order valence-corrected chi connectivity index (χ3v) is 6.94. The van der Waals surface area contributed by atoms with E-state index in [1.165, 1.54) is 0 Å². The van der Waals surface area contributed by atoms with E-state index >= 15 is 0 Å². The van der Waals surface area contributed by atoms with Crippen LogP contribution in [0.2, 0.25) is 0 Å². The van der Waals surface area contributed by atoms with E-state index in [0.717, 1.165) is 37.3 Å². The van der Waals surface area contributed by atoms with Crippen LogP contribution in [-0.4, -0.2) is 52.4 Å². The molecule has 1 saturated carbocycles. The van der Waals surface area contributed by atoms with Gasteiger partial charge in [0, 0.05) is 50.3 Å². The number of nitrogens with zero attached hydrogens (tertiary/aromatic N) is 5. The van der Waals surface area contributed by atoms with Gasteiger partial charge in [0.1, 0.15) is 5.82 Å². The SMILES string of the molecule is O=S(=O)(C1CC1)N1CCN(CCn2cccn2)c2ncccc2C1. The topological polar surface area (TPSA) is 71.3 Å². The van der Waals surface area contributed by atoms with Crippen molar-refractivity contribution >= 4 is 15.8 Å². The predicted octanol–water partition coefficient (Wildman–Crippen LogP) is 1.09. The maximum atomic E-state index is 12.6. The van der Waals surface area contributed by atoms with E-state index in [4.69, 9.17) is 0 Å². The number of aromatic nitrogens is 3. The van der Waals surface area contributed by atoms with Crippen molar-refractivity contribution in [1.29, 1.82) is 0 Å². The van der Waals surface area contributed by atoms with Crippen molar-refractivity contribution in [2.24, 2.45) is 0 Å². The molecular weight excluding hydrogens is 326 g/mol. The van der Waals surface area contributed by atoms with Crippen molar-refractivity contribution < 1.29 is 8.42 Å².